The highest BCUT2D eigenvalue weighted by atomic mass is 32.1. The summed E-state index contributed by atoms with van der Waals surface area (Å²) in [6.07, 6.45) is 5.59. The van der Waals surface area contributed by atoms with Crippen molar-refractivity contribution in [3.63, 3.8) is 0 Å². The van der Waals surface area contributed by atoms with Gasteiger partial charge in [-0.25, -0.2) is 4.68 Å². The first-order valence-electron chi connectivity index (χ1n) is 11.8. The minimum absolute atomic E-state index is 0.0151. The van der Waals surface area contributed by atoms with Crippen molar-refractivity contribution in [3.8, 4) is 0 Å². The van der Waals surface area contributed by atoms with Crippen LogP contribution in [0.5, 0.6) is 0 Å². The molecular formula is C26H28N8OS. The number of nitrogens with one attached hydrogen (secondary N) is 2. The number of thiocarbonyl (C=S) groups is 1. The highest BCUT2D eigenvalue weighted by Gasteiger charge is 2.42. The van der Waals surface area contributed by atoms with E-state index >= 15 is 0 Å². The van der Waals surface area contributed by atoms with Crippen molar-refractivity contribution in [2.75, 3.05) is 10.2 Å². The fourth-order valence-electron chi connectivity index (χ4n) is 4.86. The first-order chi connectivity index (χ1) is 17.4. The first-order valence-corrected chi connectivity index (χ1v) is 12.2. The molecule has 184 valence electrons. The molecule has 4 heterocycles. The van der Waals surface area contributed by atoms with Gasteiger partial charge in [0.1, 0.15) is 12.7 Å². The number of carbonyl (C=O) groups excluding carboxylic acids is 1. The molecule has 0 aliphatic carbocycles. The monoisotopic (exact) mass is 500 g/mol. The van der Waals surface area contributed by atoms with E-state index in [-0.39, 0.29) is 18.0 Å². The Labute approximate surface area is 215 Å². The van der Waals surface area contributed by atoms with Crippen molar-refractivity contribution < 1.29 is 4.79 Å². The summed E-state index contributed by atoms with van der Waals surface area (Å²) in [6, 6.07) is 13.8. The molecular weight excluding hydrogens is 472 g/mol. The maximum Gasteiger partial charge on any atom is 0.224 e. The standard InChI is InChI=1S/C26H28N8OS/c1-5-23(35)30-21-10-9-19(12-16(21)2)33-25(24(31-26(33)36)22-8-6-7-11-27-22)20-13-17(3)34(18(20)4)32-14-28-29-15-32/h6-15,24-25H,5H2,1-4H3,(H,30,35)(H,31,36). The van der Waals surface area contributed by atoms with Crippen molar-refractivity contribution in [3.05, 3.63) is 89.5 Å². The average Bonchev–Trinajstić information content (AvgIpc) is 3.58. The van der Waals surface area contributed by atoms with Crippen LogP contribution in [0.3, 0.4) is 0 Å². The third kappa shape index (κ3) is 4.13. The van der Waals surface area contributed by atoms with Gasteiger partial charge < -0.3 is 15.5 Å². The molecule has 5 rings (SSSR count). The highest BCUT2D eigenvalue weighted by Crippen LogP contribution is 2.43. The molecule has 1 aromatic carbocycles. The third-order valence-electron chi connectivity index (χ3n) is 6.57. The second kappa shape index (κ2) is 9.54. The van der Waals surface area contributed by atoms with E-state index in [0.717, 1.165) is 39.6 Å². The van der Waals surface area contributed by atoms with Gasteiger partial charge in [-0.15, -0.1) is 10.2 Å². The first kappa shape index (κ1) is 23.7. The molecule has 9 nitrogen and oxygen atoms in total. The molecule has 36 heavy (non-hydrogen) atoms. The van der Waals surface area contributed by atoms with E-state index in [1.54, 1.807) is 18.9 Å². The Morgan fingerprint density at radius 1 is 1.11 bits per heavy atom. The number of hydrogen-bond acceptors (Lipinski definition) is 5. The Balaban J connectivity index is 1.62. The Kier molecular flexibility index (Phi) is 6.27. The molecule has 1 aliphatic rings. The minimum atomic E-state index is -0.159. The van der Waals surface area contributed by atoms with Crippen molar-refractivity contribution in [1.29, 1.82) is 0 Å². The Hall–Kier alpha value is -4.05. The molecule has 0 spiro atoms. The fourth-order valence-corrected chi connectivity index (χ4v) is 5.20. The smallest absolute Gasteiger partial charge is 0.224 e. The summed E-state index contributed by atoms with van der Waals surface area (Å²) in [6.45, 7) is 7.98. The number of carbonyl (C=O) groups is 1. The molecule has 10 heteroatoms. The molecule has 1 fully saturated rings. The summed E-state index contributed by atoms with van der Waals surface area (Å²) < 4.78 is 3.95. The van der Waals surface area contributed by atoms with Gasteiger partial charge >= 0.3 is 0 Å². The Morgan fingerprint density at radius 2 is 1.89 bits per heavy atom. The lowest BCUT2D eigenvalue weighted by atomic mass is 9.96. The summed E-state index contributed by atoms with van der Waals surface area (Å²) in [5, 5.41) is 15.1. The van der Waals surface area contributed by atoms with Gasteiger partial charge in [0.05, 0.1) is 17.8 Å². The topological polar surface area (TPSA) is 92.9 Å². The second-order valence-electron chi connectivity index (χ2n) is 8.88. The lowest BCUT2D eigenvalue weighted by molar-refractivity contribution is -0.115. The van der Waals surface area contributed by atoms with E-state index in [2.05, 4.69) is 61.4 Å². The van der Waals surface area contributed by atoms with Gasteiger partial charge in [-0.2, -0.15) is 0 Å². The van der Waals surface area contributed by atoms with Crippen LogP contribution in [0.15, 0.2) is 61.3 Å². The number of aromatic nitrogens is 5. The molecule has 2 atom stereocenters. The Morgan fingerprint density at radius 3 is 2.56 bits per heavy atom. The van der Waals surface area contributed by atoms with Crippen LogP contribution in [0, 0.1) is 20.8 Å². The summed E-state index contributed by atoms with van der Waals surface area (Å²) in [4.78, 5) is 18.8. The molecule has 0 bridgehead atoms. The molecule has 2 unspecified atom stereocenters. The van der Waals surface area contributed by atoms with Gasteiger partial charge in [0, 0.05) is 40.9 Å². The summed E-state index contributed by atoms with van der Waals surface area (Å²) in [7, 11) is 0. The number of benzene rings is 1. The van der Waals surface area contributed by atoms with Crippen molar-refractivity contribution in [2.24, 2.45) is 0 Å². The van der Waals surface area contributed by atoms with Gasteiger partial charge in [-0.3, -0.25) is 14.5 Å². The van der Waals surface area contributed by atoms with Crippen LogP contribution in [0.4, 0.5) is 11.4 Å². The zero-order valence-corrected chi connectivity index (χ0v) is 21.5. The molecule has 1 aliphatic heterocycles. The quantitative estimate of drug-likeness (QED) is 0.383. The number of rotatable bonds is 6. The van der Waals surface area contributed by atoms with E-state index in [9.17, 15) is 4.79 Å². The van der Waals surface area contributed by atoms with Crippen molar-refractivity contribution in [1.82, 2.24) is 29.9 Å². The van der Waals surface area contributed by atoms with E-state index in [0.29, 0.717) is 11.5 Å². The predicted octanol–water partition coefficient (Wildman–Crippen LogP) is 4.24. The lowest BCUT2D eigenvalue weighted by Gasteiger charge is -2.28. The Bertz CT molecular complexity index is 1410. The molecule has 1 amide bonds. The van der Waals surface area contributed by atoms with Gasteiger partial charge in [-0.05, 0) is 75.0 Å². The SMILES string of the molecule is CCC(=O)Nc1ccc(N2C(=S)NC(c3ccccn3)C2c2cc(C)n(-n3cnnc3)c2C)cc1C. The highest BCUT2D eigenvalue weighted by molar-refractivity contribution is 7.80. The lowest BCUT2D eigenvalue weighted by Crippen LogP contribution is -2.29. The third-order valence-corrected chi connectivity index (χ3v) is 6.89. The number of pyridine rings is 1. The summed E-state index contributed by atoms with van der Waals surface area (Å²) >= 11 is 5.89. The number of aryl methyl sites for hydroxylation is 2. The van der Waals surface area contributed by atoms with Gasteiger partial charge in [0.2, 0.25) is 5.91 Å². The molecule has 0 radical (unpaired) electrons. The maximum atomic E-state index is 12.0. The number of anilines is 2. The van der Waals surface area contributed by atoms with Crippen molar-refractivity contribution in [2.45, 2.75) is 46.2 Å². The molecule has 0 saturated carbocycles. The maximum absolute atomic E-state index is 12.0. The molecule has 1 saturated heterocycles. The van der Waals surface area contributed by atoms with E-state index < -0.39 is 0 Å². The van der Waals surface area contributed by atoms with E-state index in [1.165, 1.54) is 0 Å². The summed E-state index contributed by atoms with van der Waals surface area (Å²) in [5.41, 5.74) is 6.83. The van der Waals surface area contributed by atoms with Crippen molar-refractivity contribution >= 4 is 34.6 Å². The summed E-state index contributed by atoms with van der Waals surface area (Å²) in [5.74, 6) is -0.0151. The average molecular weight is 501 g/mol. The van der Waals surface area contributed by atoms with Crippen LogP contribution in [-0.4, -0.2) is 35.6 Å². The molecule has 3 aromatic heterocycles. The molecule has 2 N–H and O–H groups in total. The number of amides is 1. The van der Waals surface area contributed by atoms with Crippen LogP contribution < -0.4 is 15.5 Å². The van der Waals surface area contributed by atoms with Gasteiger partial charge in [0.15, 0.2) is 5.11 Å². The molecule has 4 aromatic rings. The zero-order valence-electron chi connectivity index (χ0n) is 20.6. The largest absolute Gasteiger partial charge is 0.351 e. The minimum Gasteiger partial charge on any atom is -0.351 e. The van der Waals surface area contributed by atoms with E-state index in [1.807, 2.05) is 48.9 Å². The van der Waals surface area contributed by atoms with Gasteiger partial charge in [0.25, 0.3) is 0 Å². The van der Waals surface area contributed by atoms with Crippen LogP contribution in [0.25, 0.3) is 0 Å². The zero-order chi connectivity index (χ0) is 25.4. The van der Waals surface area contributed by atoms with Gasteiger partial charge in [-0.1, -0.05) is 13.0 Å². The normalized spacial score (nSPS) is 17.3. The number of nitrogens with zero attached hydrogens (tertiary/aromatic N) is 6. The van der Waals surface area contributed by atoms with Crippen LogP contribution in [0.1, 0.15) is 53.6 Å². The predicted molar refractivity (Wildman–Crippen MR) is 143 cm³/mol. The number of hydrogen-bond donors (Lipinski definition) is 2. The van der Waals surface area contributed by atoms with Crippen LogP contribution >= 0.6 is 12.2 Å². The van der Waals surface area contributed by atoms with E-state index in [4.69, 9.17) is 12.2 Å². The van der Waals surface area contributed by atoms with Crippen LogP contribution in [0.2, 0.25) is 0 Å². The van der Waals surface area contributed by atoms with Crippen LogP contribution in [-0.2, 0) is 4.79 Å². The second-order valence-corrected chi connectivity index (χ2v) is 9.26. The fraction of sp³-hybridized carbons (Fsp3) is 0.269.